The highest BCUT2D eigenvalue weighted by molar-refractivity contribution is 7.98. The van der Waals surface area contributed by atoms with E-state index in [0.29, 0.717) is 23.4 Å². The van der Waals surface area contributed by atoms with E-state index in [4.69, 9.17) is 15.9 Å². The predicted molar refractivity (Wildman–Crippen MR) is 101 cm³/mol. The van der Waals surface area contributed by atoms with E-state index in [1.54, 1.807) is 36.4 Å². The summed E-state index contributed by atoms with van der Waals surface area (Å²) in [6.07, 6.45) is 1.92. The van der Waals surface area contributed by atoms with Crippen LogP contribution in [0.4, 0.5) is 5.69 Å². The number of hydrogen-bond donors (Lipinski definition) is 4. The number of thioether (sulfide) groups is 1. The summed E-state index contributed by atoms with van der Waals surface area (Å²) >= 11 is 1.51. The number of hydrogen-bond acceptors (Lipinski definition) is 5. The van der Waals surface area contributed by atoms with Gasteiger partial charge in [0.15, 0.2) is 6.04 Å². The Hall–Kier alpha value is -2.67. The van der Waals surface area contributed by atoms with Crippen molar-refractivity contribution >= 4 is 29.3 Å². The molecule has 0 spiro atoms. The lowest BCUT2D eigenvalue weighted by molar-refractivity contribution is -0.138. The van der Waals surface area contributed by atoms with Gasteiger partial charge in [0.2, 0.25) is 0 Å². The molecule has 0 aliphatic carbocycles. The van der Waals surface area contributed by atoms with Gasteiger partial charge >= 0.3 is 5.97 Å². The van der Waals surface area contributed by atoms with Gasteiger partial charge in [-0.15, -0.1) is 11.8 Å². The second kappa shape index (κ2) is 8.43. The van der Waals surface area contributed by atoms with Crippen LogP contribution in [0.15, 0.2) is 47.4 Å². The Kier molecular flexibility index (Phi) is 6.30. The molecule has 0 saturated heterocycles. The van der Waals surface area contributed by atoms with E-state index >= 15 is 0 Å². The number of carbonyl (C=O) groups is 1. The van der Waals surface area contributed by atoms with E-state index in [1.165, 1.54) is 11.8 Å². The Labute approximate surface area is 150 Å². The molecule has 0 aromatic heterocycles. The van der Waals surface area contributed by atoms with Gasteiger partial charge in [-0.1, -0.05) is 6.07 Å². The van der Waals surface area contributed by atoms with Crippen LogP contribution in [0.3, 0.4) is 0 Å². The number of rotatable bonds is 8. The molecule has 6 nitrogen and oxygen atoms in total. The third-order valence-corrected chi connectivity index (χ3v) is 4.33. The molecule has 25 heavy (non-hydrogen) atoms. The maximum Gasteiger partial charge on any atom is 0.330 e. The molecular formula is C18H21N3O3S. The van der Waals surface area contributed by atoms with Crippen molar-refractivity contribution in [3.63, 3.8) is 0 Å². The number of nitrogen functional groups attached to an aromatic ring is 1. The summed E-state index contributed by atoms with van der Waals surface area (Å²) < 4.78 is 5.56. The number of carboxylic acid groups (broad SMARTS) is 1. The lowest BCUT2D eigenvalue weighted by Gasteiger charge is -2.18. The lowest BCUT2D eigenvalue weighted by atomic mass is 10.1. The van der Waals surface area contributed by atoms with Gasteiger partial charge in [0.25, 0.3) is 0 Å². The quantitative estimate of drug-likeness (QED) is 0.327. The molecule has 0 amide bonds. The molecule has 5 N–H and O–H groups in total. The van der Waals surface area contributed by atoms with Crippen molar-refractivity contribution in [2.75, 3.05) is 18.2 Å². The average Bonchev–Trinajstić information content (AvgIpc) is 2.60. The van der Waals surface area contributed by atoms with Crippen LogP contribution in [0.25, 0.3) is 0 Å². The van der Waals surface area contributed by atoms with E-state index in [1.807, 2.05) is 19.2 Å². The van der Waals surface area contributed by atoms with Crippen LogP contribution < -0.4 is 15.8 Å². The average molecular weight is 359 g/mol. The molecular weight excluding hydrogens is 338 g/mol. The summed E-state index contributed by atoms with van der Waals surface area (Å²) in [6.45, 7) is 2.46. The topological polar surface area (TPSA) is 108 Å². The minimum atomic E-state index is -0.980. The number of nitrogens with one attached hydrogen (secondary N) is 2. The molecule has 0 aliphatic heterocycles. The first kappa shape index (κ1) is 18.7. The Morgan fingerprint density at radius 1 is 1.32 bits per heavy atom. The number of benzene rings is 2. The molecule has 0 aliphatic rings. The first-order valence-corrected chi connectivity index (χ1v) is 8.93. The third-order valence-electron chi connectivity index (χ3n) is 3.57. The van der Waals surface area contributed by atoms with Crippen LogP contribution in [0.1, 0.15) is 24.1 Å². The minimum absolute atomic E-state index is 0.0301. The van der Waals surface area contributed by atoms with E-state index in [-0.39, 0.29) is 5.84 Å². The highest BCUT2D eigenvalue weighted by Gasteiger charge is 2.21. The number of aliphatic carboxylic acids is 1. The molecule has 1 atom stereocenters. The van der Waals surface area contributed by atoms with Crippen molar-refractivity contribution in [1.29, 1.82) is 5.41 Å². The summed E-state index contributed by atoms with van der Waals surface area (Å²) in [4.78, 5) is 12.6. The van der Waals surface area contributed by atoms with Gasteiger partial charge in [-0.3, -0.25) is 5.41 Å². The maximum atomic E-state index is 11.7. The molecule has 1 unspecified atom stereocenters. The molecule has 7 heteroatoms. The van der Waals surface area contributed by atoms with E-state index in [2.05, 4.69) is 5.32 Å². The van der Waals surface area contributed by atoms with E-state index in [9.17, 15) is 9.90 Å². The largest absolute Gasteiger partial charge is 0.493 e. The van der Waals surface area contributed by atoms with Crippen LogP contribution >= 0.6 is 11.8 Å². The monoisotopic (exact) mass is 359 g/mol. The highest BCUT2D eigenvalue weighted by Crippen LogP contribution is 2.32. The second-order valence-electron chi connectivity index (χ2n) is 5.25. The molecule has 0 radical (unpaired) electrons. The third kappa shape index (κ3) is 4.67. The zero-order valence-electron chi connectivity index (χ0n) is 14.1. The number of anilines is 1. The number of carboxylic acids is 1. The zero-order valence-corrected chi connectivity index (χ0v) is 14.9. The van der Waals surface area contributed by atoms with Crippen LogP contribution in [0.2, 0.25) is 0 Å². The van der Waals surface area contributed by atoms with E-state index < -0.39 is 12.0 Å². The first-order chi connectivity index (χ1) is 12.0. The number of amidine groups is 1. The van der Waals surface area contributed by atoms with Crippen molar-refractivity contribution < 1.29 is 14.6 Å². The number of ether oxygens (including phenoxy) is 1. The van der Waals surface area contributed by atoms with Gasteiger partial charge in [-0.25, -0.2) is 4.79 Å². The highest BCUT2D eigenvalue weighted by atomic mass is 32.2. The Morgan fingerprint density at radius 2 is 2.00 bits per heavy atom. The summed E-state index contributed by atoms with van der Waals surface area (Å²) in [7, 11) is 0. The van der Waals surface area contributed by atoms with Gasteiger partial charge in [0.05, 0.1) is 6.61 Å². The fourth-order valence-electron chi connectivity index (χ4n) is 2.34. The summed E-state index contributed by atoms with van der Waals surface area (Å²) in [5, 5.41) is 20.0. The van der Waals surface area contributed by atoms with Gasteiger partial charge in [0, 0.05) is 16.1 Å². The van der Waals surface area contributed by atoms with Crippen molar-refractivity contribution in [3.05, 3.63) is 53.6 Å². The van der Waals surface area contributed by atoms with Gasteiger partial charge in [-0.05, 0) is 55.1 Å². The standard InChI is InChI=1S/C18H21N3O3S/c1-3-24-14-9-6-12(10-15(14)25-2)16(18(22)23)21-13-7-4-11(5-8-13)17(19)20/h4-10,16,21H,3H2,1-2H3,(H3,19,20)(H,22,23). The van der Waals surface area contributed by atoms with Gasteiger partial charge < -0.3 is 20.9 Å². The van der Waals surface area contributed by atoms with Crippen LogP contribution in [-0.4, -0.2) is 29.8 Å². The second-order valence-corrected chi connectivity index (χ2v) is 6.10. The number of nitrogens with two attached hydrogens (primary N) is 1. The van der Waals surface area contributed by atoms with Gasteiger partial charge in [0.1, 0.15) is 11.6 Å². The Balaban J connectivity index is 2.28. The smallest absolute Gasteiger partial charge is 0.330 e. The fourth-order valence-corrected chi connectivity index (χ4v) is 2.92. The molecule has 2 aromatic rings. The van der Waals surface area contributed by atoms with Crippen molar-refractivity contribution in [2.24, 2.45) is 5.73 Å². The zero-order chi connectivity index (χ0) is 18.4. The predicted octanol–water partition coefficient (Wildman–Crippen LogP) is 3.33. The van der Waals surface area contributed by atoms with Crippen LogP contribution in [0.5, 0.6) is 5.75 Å². The normalized spacial score (nSPS) is 11.6. The fraction of sp³-hybridized carbons (Fsp3) is 0.222. The Morgan fingerprint density at radius 3 is 2.52 bits per heavy atom. The van der Waals surface area contributed by atoms with E-state index in [0.717, 1.165) is 10.6 Å². The molecule has 0 saturated carbocycles. The first-order valence-electron chi connectivity index (χ1n) is 7.70. The molecule has 2 rings (SSSR count). The van der Waals surface area contributed by atoms with Crippen LogP contribution in [-0.2, 0) is 4.79 Å². The van der Waals surface area contributed by atoms with Crippen LogP contribution in [0, 0.1) is 5.41 Å². The lowest BCUT2D eigenvalue weighted by Crippen LogP contribution is -2.20. The molecule has 2 aromatic carbocycles. The summed E-state index contributed by atoms with van der Waals surface area (Å²) in [5.74, 6) is -0.266. The van der Waals surface area contributed by atoms with Gasteiger partial charge in [-0.2, -0.15) is 0 Å². The molecule has 0 fully saturated rings. The van der Waals surface area contributed by atoms with Crippen molar-refractivity contribution in [2.45, 2.75) is 17.9 Å². The molecule has 132 valence electrons. The molecule has 0 heterocycles. The summed E-state index contributed by atoms with van der Waals surface area (Å²) in [5.41, 5.74) is 7.29. The van der Waals surface area contributed by atoms with Crippen molar-refractivity contribution in [3.8, 4) is 5.75 Å². The summed E-state index contributed by atoms with van der Waals surface area (Å²) in [6, 6.07) is 11.2. The minimum Gasteiger partial charge on any atom is -0.493 e. The van der Waals surface area contributed by atoms with Crippen molar-refractivity contribution in [1.82, 2.24) is 0 Å². The maximum absolute atomic E-state index is 11.7. The SMILES string of the molecule is CCOc1ccc(C(Nc2ccc(C(=N)N)cc2)C(=O)O)cc1SC. The molecule has 0 bridgehead atoms. The Bertz CT molecular complexity index is 763.